The van der Waals surface area contributed by atoms with Crippen LogP contribution in [-0.2, 0) is 21.4 Å². The van der Waals surface area contributed by atoms with E-state index in [0.29, 0.717) is 16.8 Å². The van der Waals surface area contributed by atoms with Crippen LogP contribution in [0.3, 0.4) is 0 Å². The first kappa shape index (κ1) is 25.8. The molecule has 1 N–H and O–H groups in total. The van der Waals surface area contributed by atoms with Gasteiger partial charge in [0.05, 0.1) is 22.1 Å². The fourth-order valence-electron chi connectivity index (χ4n) is 4.33. The van der Waals surface area contributed by atoms with Crippen molar-refractivity contribution in [3.05, 3.63) is 99.4 Å². The molecule has 0 bridgehead atoms. The van der Waals surface area contributed by atoms with Crippen molar-refractivity contribution < 1.29 is 13.2 Å². The fraction of sp³-hybridized carbons (Fsp3) is 0.214. The zero-order valence-corrected chi connectivity index (χ0v) is 22.4. The van der Waals surface area contributed by atoms with Crippen LogP contribution in [0.5, 0.6) is 0 Å². The Morgan fingerprint density at radius 1 is 0.944 bits per heavy atom. The molecule has 0 aliphatic rings. The van der Waals surface area contributed by atoms with Crippen molar-refractivity contribution in [2.45, 2.75) is 39.1 Å². The number of nitrogens with zero attached hydrogens (tertiary/aromatic N) is 2. The van der Waals surface area contributed by atoms with E-state index in [0.717, 1.165) is 27.4 Å². The number of benzene rings is 3. The third-order valence-corrected chi connectivity index (χ3v) is 8.66. The van der Waals surface area contributed by atoms with Crippen LogP contribution >= 0.6 is 11.3 Å². The molecule has 186 valence electrons. The maximum Gasteiger partial charge on any atom is 0.244 e. The van der Waals surface area contributed by atoms with Crippen LogP contribution in [0.15, 0.2) is 77.0 Å². The lowest BCUT2D eigenvalue weighted by atomic mass is 10.1. The van der Waals surface area contributed by atoms with Gasteiger partial charge in [-0.15, -0.1) is 11.3 Å². The number of hydrogen-bond donors (Lipinski definition) is 1. The van der Waals surface area contributed by atoms with Crippen LogP contribution in [0.4, 0.5) is 5.69 Å². The van der Waals surface area contributed by atoms with Crippen LogP contribution in [0.2, 0.25) is 0 Å². The molecule has 3 aromatic carbocycles. The number of carbonyl (C=O) groups excluding carboxylic acids is 1. The van der Waals surface area contributed by atoms with Gasteiger partial charge in [0.2, 0.25) is 15.9 Å². The molecule has 0 spiro atoms. The molecule has 36 heavy (non-hydrogen) atoms. The normalized spacial score (nSPS) is 11.6. The van der Waals surface area contributed by atoms with Crippen molar-refractivity contribution >= 4 is 33.0 Å². The Kier molecular flexibility index (Phi) is 7.68. The third-order valence-electron chi connectivity index (χ3n) is 5.79. The summed E-state index contributed by atoms with van der Waals surface area (Å²) < 4.78 is 29.0. The topological polar surface area (TPSA) is 79.4 Å². The average Bonchev–Trinajstić information content (AvgIpc) is 3.25. The number of aromatic nitrogens is 1. The number of hydrogen-bond acceptors (Lipinski definition) is 5. The van der Waals surface area contributed by atoms with E-state index in [-0.39, 0.29) is 18.0 Å². The largest absolute Gasteiger partial charge is 0.325 e. The van der Waals surface area contributed by atoms with Crippen LogP contribution in [-0.4, -0.2) is 30.2 Å². The van der Waals surface area contributed by atoms with E-state index >= 15 is 0 Å². The third kappa shape index (κ3) is 5.90. The van der Waals surface area contributed by atoms with Gasteiger partial charge < -0.3 is 5.32 Å². The minimum Gasteiger partial charge on any atom is -0.325 e. The lowest BCUT2D eigenvalue weighted by Gasteiger charge is -2.24. The van der Waals surface area contributed by atoms with Gasteiger partial charge in [0.1, 0.15) is 0 Å². The number of rotatable bonds is 8. The fourth-order valence-corrected chi connectivity index (χ4v) is 6.75. The second kappa shape index (κ2) is 10.7. The molecule has 4 aromatic rings. The molecule has 0 saturated carbocycles. The Morgan fingerprint density at radius 2 is 1.64 bits per heavy atom. The molecular formula is C28H29N3O3S2. The van der Waals surface area contributed by atoms with Gasteiger partial charge in [-0.2, -0.15) is 4.31 Å². The summed E-state index contributed by atoms with van der Waals surface area (Å²) in [6.07, 6.45) is 0. The Labute approximate surface area is 216 Å². The maximum atomic E-state index is 13.9. The molecule has 4 rings (SSSR count). The van der Waals surface area contributed by atoms with Crippen molar-refractivity contribution in [2.75, 3.05) is 11.9 Å². The molecule has 1 heterocycles. The first-order valence-electron chi connectivity index (χ1n) is 11.6. The van der Waals surface area contributed by atoms with E-state index in [2.05, 4.69) is 10.3 Å². The average molecular weight is 520 g/mol. The van der Waals surface area contributed by atoms with Gasteiger partial charge in [-0.25, -0.2) is 13.4 Å². The number of anilines is 1. The molecule has 0 fully saturated rings. The maximum absolute atomic E-state index is 13.9. The van der Waals surface area contributed by atoms with Gasteiger partial charge in [0.25, 0.3) is 0 Å². The molecule has 0 radical (unpaired) electrons. The van der Waals surface area contributed by atoms with E-state index in [1.165, 1.54) is 4.31 Å². The summed E-state index contributed by atoms with van der Waals surface area (Å²) in [5, 5.41) is 5.80. The van der Waals surface area contributed by atoms with Crippen molar-refractivity contribution in [3.63, 3.8) is 0 Å². The van der Waals surface area contributed by atoms with Crippen molar-refractivity contribution in [3.8, 4) is 11.3 Å². The molecule has 0 aliphatic carbocycles. The summed E-state index contributed by atoms with van der Waals surface area (Å²) in [7, 11) is -3.95. The molecule has 0 unspecified atom stereocenters. The highest BCUT2D eigenvalue weighted by molar-refractivity contribution is 7.89. The van der Waals surface area contributed by atoms with Gasteiger partial charge in [0.15, 0.2) is 0 Å². The smallest absolute Gasteiger partial charge is 0.244 e. The van der Waals surface area contributed by atoms with Crippen LogP contribution in [0, 0.1) is 27.7 Å². The van der Waals surface area contributed by atoms with E-state index in [4.69, 9.17) is 0 Å². The number of thiazole rings is 1. The lowest BCUT2D eigenvalue weighted by Crippen LogP contribution is -2.38. The first-order valence-corrected chi connectivity index (χ1v) is 13.9. The predicted molar refractivity (Wildman–Crippen MR) is 146 cm³/mol. The van der Waals surface area contributed by atoms with Gasteiger partial charge in [-0.05, 0) is 56.5 Å². The standard InChI is InChI=1S/C28H29N3O3S2/c1-19-13-20(2)28(21(3)14-19)36(33,34)31(16-23-9-6-5-7-10-23)17-27(32)30-25-12-8-11-24(15-25)26-18-35-22(4)29-26/h5-15,18H,16-17H2,1-4H3,(H,30,32). The number of aryl methyl sites for hydroxylation is 4. The highest BCUT2D eigenvalue weighted by atomic mass is 32.2. The van der Waals surface area contributed by atoms with Gasteiger partial charge >= 0.3 is 0 Å². The molecule has 8 heteroatoms. The van der Waals surface area contributed by atoms with Crippen molar-refractivity contribution in [1.29, 1.82) is 0 Å². The zero-order valence-electron chi connectivity index (χ0n) is 20.8. The van der Waals surface area contributed by atoms with Gasteiger partial charge in [0, 0.05) is 23.2 Å². The molecule has 0 saturated heterocycles. The Bertz CT molecular complexity index is 1470. The van der Waals surface area contributed by atoms with Crippen LogP contribution in [0.1, 0.15) is 27.3 Å². The highest BCUT2D eigenvalue weighted by Crippen LogP contribution is 2.27. The van der Waals surface area contributed by atoms with Crippen LogP contribution < -0.4 is 5.32 Å². The minimum atomic E-state index is -3.95. The summed E-state index contributed by atoms with van der Waals surface area (Å²) in [4.78, 5) is 17.9. The molecular weight excluding hydrogens is 490 g/mol. The zero-order chi connectivity index (χ0) is 25.9. The molecule has 1 amide bonds. The van der Waals surface area contributed by atoms with Crippen LogP contribution in [0.25, 0.3) is 11.3 Å². The second-order valence-electron chi connectivity index (χ2n) is 8.87. The minimum absolute atomic E-state index is 0.0848. The monoisotopic (exact) mass is 519 g/mol. The number of carbonyl (C=O) groups is 1. The molecule has 0 aliphatic heterocycles. The summed E-state index contributed by atoms with van der Waals surface area (Å²) in [6.45, 7) is 7.23. The van der Waals surface area contributed by atoms with Gasteiger partial charge in [-0.3, -0.25) is 4.79 Å². The quantitative estimate of drug-likeness (QED) is 0.316. The van der Waals surface area contributed by atoms with E-state index < -0.39 is 15.9 Å². The van der Waals surface area contributed by atoms with E-state index in [1.807, 2.05) is 79.9 Å². The molecule has 6 nitrogen and oxygen atoms in total. The number of sulfonamides is 1. The SMILES string of the molecule is Cc1cc(C)c(S(=O)(=O)N(CC(=O)Nc2cccc(-c3csc(C)n3)c2)Cc2ccccc2)c(C)c1. The molecule has 1 aromatic heterocycles. The number of amides is 1. The summed E-state index contributed by atoms with van der Waals surface area (Å²) >= 11 is 1.56. The second-order valence-corrected chi connectivity index (χ2v) is 11.8. The Morgan fingerprint density at radius 3 is 2.28 bits per heavy atom. The van der Waals surface area contributed by atoms with Crippen molar-refractivity contribution in [2.24, 2.45) is 0 Å². The summed E-state index contributed by atoms with van der Waals surface area (Å²) in [5.74, 6) is -0.413. The summed E-state index contributed by atoms with van der Waals surface area (Å²) in [5.41, 5.74) is 5.44. The number of nitrogens with one attached hydrogen (secondary N) is 1. The predicted octanol–water partition coefficient (Wildman–Crippen LogP) is 5.87. The summed E-state index contributed by atoms with van der Waals surface area (Å²) in [6, 6.07) is 20.4. The van der Waals surface area contributed by atoms with E-state index in [1.54, 1.807) is 31.3 Å². The Balaban J connectivity index is 1.62. The van der Waals surface area contributed by atoms with Gasteiger partial charge in [-0.1, -0.05) is 60.2 Å². The lowest BCUT2D eigenvalue weighted by molar-refractivity contribution is -0.116. The highest BCUT2D eigenvalue weighted by Gasteiger charge is 2.30. The van der Waals surface area contributed by atoms with Crippen molar-refractivity contribution in [1.82, 2.24) is 9.29 Å². The van der Waals surface area contributed by atoms with E-state index in [9.17, 15) is 13.2 Å². The molecule has 0 atom stereocenters. The Hall–Kier alpha value is -3.33. The first-order chi connectivity index (χ1) is 17.1.